The highest BCUT2D eigenvalue weighted by Crippen LogP contribution is 2.44. The van der Waals surface area contributed by atoms with Crippen molar-refractivity contribution in [2.75, 3.05) is 11.4 Å². The van der Waals surface area contributed by atoms with E-state index in [9.17, 15) is 9.90 Å². The Morgan fingerprint density at radius 2 is 2.09 bits per heavy atom. The Hall–Kier alpha value is -1.62. The van der Waals surface area contributed by atoms with Crippen LogP contribution in [0.5, 0.6) is 0 Å². The number of pyridine rings is 1. The number of fused-ring (bicyclic) bond motifs is 1. The van der Waals surface area contributed by atoms with Gasteiger partial charge in [-0.2, -0.15) is 0 Å². The Labute approximate surface area is 137 Å². The van der Waals surface area contributed by atoms with Crippen LogP contribution in [-0.2, 0) is 10.2 Å². The van der Waals surface area contributed by atoms with Gasteiger partial charge in [0.15, 0.2) is 0 Å². The quantitative estimate of drug-likeness (QED) is 0.905. The largest absolute Gasteiger partial charge is 0.443 e. The van der Waals surface area contributed by atoms with Gasteiger partial charge in [0.25, 0.3) is 0 Å². The molecule has 2 heterocycles. The van der Waals surface area contributed by atoms with Gasteiger partial charge >= 0.3 is 6.09 Å². The third kappa shape index (κ3) is 3.20. The van der Waals surface area contributed by atoms with Crippen molar-refractivity contribution in [2.24, 2.45) is 5.92 Å². The van der Waals surface area contributed by atoms with E-state index in [1.165, 1.54) is 0 Å². The summed E-state index contributed by atoms with van der Waals surface area (Å²) in [6, 6.07) is 1.86. The Kier molecular flexibility index (Phi) is 3.67. The molecule has 0 radical (unpaired) electrons. The average molecular weight is 318 g/mol. The molecule has 2 aliphatic rings. The molecule has 0 aromatic carbocycles. The van der Waals surface area contributed by atoms with E-state index in [4.69, 9.17) is 4.74 Å². The SMILES string of the molecule is CC(C)(C)OC(=O)N1CC(C)(C)c2cnc(C(O)C3CC3)cc21. The van der Waals surface area contributed by atoms with Crippen molar-refractivity contribution in [1.29, 1.82) is 0 Å². The summed E-state index contributed by atoms with van der Waals surface area (Å²) in [7, 11) is 0. The monoisotopic (exact) mass is 318 g/mol. The number of hydrogen-bond donors (Lipinski definition) is 1. The fourth-order valence-corrected chi connectivity index (χ4v) is 3.07. The first-order chi connectivity index (χ1) is 10.6. The van der Waals surface area contributed by atoms with Crippen LogP contribution in [0.25, 0.3) is 0 Å². The Morgan fingerprint density at radius 3 is 2.65 bits per heavy atom. The van der Waals surface area contributed by atoms with E-state index >= 15 is 0 Å². The van der Waals surface area contributed by atoms with Gasteiger partial charge < -0.3 is 9.84 Å². The highest BCUT2D eigenvalue weighted by Gasteiger charge is 2.41. The number of carbonyl (C=O) groups excluding carboxylic acids is 1. The lowest BCUT2D eigenvalue weighted by atomic mass is 9.88. The summed E-state index contributed by atoms with van der Waals surface area (Å²) in [5, 5.41) is 10.3. The normalized spacial score (nSPS) is 21.0. The average Bonchev–Trinajstić information content (AvgIpc) is 3.22. The van der Waals surface area contributed by atoms with Crippen molar-refractivity contribution in [2.45, 2.75) is 64.6 Å². The van der Waals surface area contributed by atoms with E-state index < -0.39 is 11.7 Å². The minimum atomic E-state index is -0.538. The third-order valence-corrected chi connectivity index (χ3v) is 4.46. The van der Waals surface area contributed by atoms with E-state index in [2.05, 4.69) is 18.8 Å². The number of hydrogen-bond acceptors (Lipinski definition) is 4. The zero-order chi connectivity index (χ0) is 17.0. The summed E-state index contributed by atoms with van der Waals surface area (Å²) in [5.41, 5.74) is 1.77. The highest BCUT2D eigenvalue weighted by molar-refractivity contribution is 5.91. The Balaban J connectivity index is 1.94. The van der Waals surface area contributed by atoms with Crippen LogP contribution in [0.1, 0.15) is 64.8 Å². The molecule has 23 heavy (non-hydrogen) atoms. The maximum atomic E-state index is 12.6. The zero-order valence-electron chi connectivity index (χ0n) is 14.6. The Bertz CT molecular complexity index is 630. The van der Waals surface area contributed by atoms with Crippen molar-refractivity contribution in [3.63, 3.8) is 0 Å². The summed E-state index contributed by atoms with van der Waals surface area (Å²) in [5.74, 6) is 0.310. The van der Waals surface area contributed by atoms with Crippen LogP contribution < -0.4 is 4.90 Å². The molecule has 0 bridgehead atoms. The molecular weight excluding hydrogens is 292 g/mol. The van der Waals surface area contributed by atoms with Crippen molar-refractivity contribution in [1.82, 2.24) is 4.98 Å². The second kappa shape index (κ2) is 5.20. The number of anilines is 1. The summed E-state index contributed by atoms with van der Waals surface area (Å²) in [6.45, 7) is 10.3. The molecular formula is C18H26N2O3. The molecule has 126 valence electrons. The summed E-state index contributed by atoms with van der Waals surface area (Å²) in [6.07, 6.45) is 3.01. The van der Waals surface area contributed by atoms with Crippen LogP contribution in [0.4, 0.5) is 10.5 Å². The minimum absolute atomic E-state index is 0.178. The fraction of sp³-hybridized carbons (Fsp3) is 0.667. The smallest absolute Gasteiger partial charge is 0.414 e. The van der Waals surface area contributed by atoms with Gasteiger partial charge in [0.2, 0.25) is 0 Å². The van der Waals surface area contributed by atoms with Gasteiger partial charge in [0.05, 0.1) is 17.5 Å². The lowest BCUT2D eigenvalue weighted by Crippen LogP contribution is -2.38. The molecule has 1 fully saturated rings. The van der Waals surface area contributed by atoms with E-state index in [0.29, 0.717) is 18.2 Å². The number of aliphatic hydroxyl groups excluding tert-OH is 1. The lowest BCUT2D eigenvalue weighted by molar-refractivity contribution is 0.0579. The first-order valence-electron chi connectivity index (χ1n) is 8.27. The fourth-order valence-electron chi connectivity index (χ4n) is 3.07. The van der Waals surface area contributed by atoms with Crippen LogP contribution in [0.3, 0.4) is 0 Å². The van der Waals surface area contributed by atoms with Gasteiger partial charge in [-0.25, -0.2) is 4.79 Å². The lowest BCUT2D eigenvalue weighted by Gasteiger charge is -2.26. The first-order valence-corrected chi connectivity index (χ1v) is 8.27. The van der Waals surface area contributed by atoms with Gasteiger partial charge in [-0.1, -0.05) is 13.8 Å². The van der Waals surface area contributed by atoms with Crippen LogP contribution >= 0.6 is 0 Å². The van der Waals surface area contributed by atoms with Gasteiger partial charge in [0.1, 0.15) is 5.60 Å². The second-order valence-corrected chi connectivity index (χ2v) is 8.36. The van der Waals surface area contributed by atoms with E-state index in [0.717, 1.165) is 24.1 Å². The maximum Gasteiger partial charge on any atom is 0.414 e. The van der Waals surface area contributed by atoms with E-state index in [-0.39, 0.29) is 11.5 Å². The summed E-state index contributed by atoms with van der Waals surface area (Å²) < 4.78 is 5.54. The molecule has 1 aliphatic heterocycles. The number of aromatic nitrogens is 1. The molecule has 1 N–H and O–H groups in total. The first kappa shape index (κ1) is 16.2. The van der Waals surface area contributed by atoms with Gasteiger partial charge in [-0.15, -0.1) is 0 Å². The molecule has 1 saturated carbocycles. The number of ether oxygens (including phenoxy) is 1. The molecule has 1 aromatic heterocycles. The standard InChI is InChI=1S/C18H26N2O3/c1-17(2,3)23-16(22)20-10-18(4,5)12-9-19-13(8-14(12)20)15(21)11-6-7-11/h8-9,11,15,21H,6-7,10H2,1-5H3. The van der Waals surface area contributed by atoms with Crippen LogP contribution in [0.2, 0.25) is 0 Å². The topological polar surface area (TPSA) is 62.7 Å². The van der Waals surface area contributed by atoms with E-state index in [1.54, 1.807) is 11.1 Å². The second-order valence-electron chi connectivity index (χ2n) is 8.36. The predicted molar refractivity (Wildman–Crippen MR) is 88.5 cm³/mol. The van der Waals surface area contributed by atoms with Gasteiger partial charge in [-0.05, 0) is 45.6 Å². The zero-order valence-corrected chi connectivity index (χ0v) is 14.6. The number of amides is 1. The van der Waals surface area contributed by atoms with Crippen LogP contribution in [-0.4, -0.2) is 28.3 Å². The molecule has 1 aliphatic carbocycles. The molecule has 5 heteroatoms. The molecule has 1 unspecified atom stereocenters. The summed E-state index contributed by atoms with van der Waals surface area (Å²) in [4.78, 5) is 18.7. The highest BCUT2D eigenvalue weighted by atomic mass is 16.6. The molecule has 3 rings (SSSR count). The maximum absolute atomic E-state index is 12.6. The molecule has 1 aromatic rings. The molecule has 1 amide bonds. The van der Waals surface area contributed by atoms with Crippen LogP contribution in [0, 0.1) is 5.92 Å². The van der Waals surface area contributed by atoms with Gasteiger partial charge in [-0.3, -0.25) is 9.88 Å². The van der Waals surface area contributed by atoms with Crippen molar-refractivity contribution < 1.29 is 14.6 Å². The number of rotatable bonds is 2. The molecule has 1 atom stereocenters. The Morgan fingerprint density at radius 1 is 1.43 bits per heavy atom. The number of aliphatic hydroxyl groups is 1. The number of nitrogens with zero attached hydrogens (tertiary/aromatic N) is 2. The van der Waals surface area contributed by atoms with Crippen molar-refractivity contribution in [3.8, 4) is 0 Å². The molecule has 0 saturated heterocycles. The van der Waals surface area contributed by atoms with Crippen molar-refractivity contribution >= 4 is 11.8 Å². The minimum Gasteiger partial charge on any atom is -0.443 e. The number of carbonyl (C=O) groups is 1. The van der Waals surface area contributed by atoms with Crippen LogP contribution in [0.15, 0.2) is 12.3 Å². The van der Waals surface area contributed by atoms with Crippen molar-refractivity contribution in [3.05, 3.63) is 23.5 Å². The van der Waals surface area contributed by atoms with Gasteiger partial charge in [0, 0.05) is 23.7 Å². The predicted octanol–water partition coefficient (Wildman–Crippen LogP) is 3.56. The summed E-state index contributed by atoms with van der Waals surface area (Å²) >= 11 is 0. The van der Waals surface area contributed by atoms with E-state index in [1.807, 2.05) is 26.8 Å². The molecule has 0 spiro atoms. The third-order valence-electron chi connectivity index (χ3n) is 4.46. The molecule has 5 nitrogen and oxygen atoms in total.